The molecule has 1 aliphatic heterocycles. The number of nitrogens with zero attached hydrogens (tertiary/aromatic N) is 1. The predicted octanol–water partition coefficient (Wildman–Crippen LogP) is 4.78. The second kappa shape index (κ2) is 5.94. The minimum Gasteiger partial charge on any atom is -0.298 e. The minimum atomic E-state index is -1.17. The van der Waals surface area contributed by atoms with Crippen LogP contribution < -0.4 is 0 Å². The maximum Gasteiger partial charge on any atom is 0.121 e. The Kier molecular flexibility index (Phi) is 5.69. The summed E-state index contributed by atoms with van der Waals surface area (Å²) in [7, 11) is -0.815. The molecular weight excluding hydrogens is 285 g/mol. The first-order chi connectivity index (χ1) is 7.21. The smallest absolute Gasteiger partial charge is 0.121 e. The molecule has 94 valence electrons. The van der Waals surface area contributed by atoms with Gasteiger partial charge in [0.25, 0.3) is 0 Å². The monoisotopic (exact) mass is 309 g/mol. The van der Waals surface area contributed by atoms with Crippen LogP contribution in [0.2, 0.25) is 39.3 Å². The van der Waals surface area contributed by atoms with Crippen LogP contribution in [0, 0.1) is 0 Å². The summed E-state index contributed by atoms with van der Waals surface area (Å²) in [6, 6.07) is 0. The summed E-state index contributed by atoms with van der Waals surface area (Å²) in [5, 5.41) is 0. The summed E-state index contributed by atoms with van der Waals surface area (Å²) in [5.41, 5.74) is 0. The van der Waals surface area contributed by atoms with E-state index in [4.69, 9.17) is 0 Å². The van der Waals surface area contributed by atoms with E-state index in [1.54, 1.807) is 3.96 Å². The van der Waals surface area contributed by atoms with Gasteiger partial charge in [-0.3, -0.25) is 4.00 Å². The average molecular weight is 310 g/mol. The second-order valence-corrected chi connectivity index (χ2v) is 21.0. The molecule has 0 aromatic rings. The van der Waals surface area contributed by atoms with Crippen LogP contribution in [0.4, 0.5) is 0 Å². The van der Waals surface area contributed by atoms with Gasteiger partial charge in [-0.1, -0.05) is 39.3 Å². The summed E-state index contributed by atoms with van der Waals surface area (Å²) in [5.74, 6) is 2.67. The first kappa shape index (κ1) is 15.3. The van der Waals surface area contributed by atoms with Crippen molar-refractivity contribution in [3.63, 3.8) is 0 Å². The van der Waals surface area contributed by atoms with Gasteiger partial charge in [-0.2, -0.15) is 0 Å². The fourth-order valence-electron chi connectivity index (χ4n) is 1.87. The molecule has 0 aliphatic carbocycles. The normalized spacial score (nSPS) is 19.6. The van der Waals surface area contributed by atoms with E-state index >= 15 is 0 Å². The van der Waals surface area contributed by atoms with E-state index in [-0.39, 0.29) is 0 Å². The summed E-state index contributed by atoms with van der Waals surface area (Å²) >= 11 is 4.19. The zero-order chi connectivity index (χ0) is 12.4. The average Bonchev–Trinajstić information content (AvgIpc) is 2.12. The van der Waals surface area contributed by atoms with E-state index in [1.165, 1.54) is 26.3 Å². The molecule has 1 rings (SSSR count). The lowest BCUT2D eigenvalue weighted by Gasteiger charge is -2.40. The molecule has 1 aliphatic rings. The molecule has 1 nitrogen and oxygen atoms in total. The third kappa shape index (κ3) is 4.87. The molecule has 0 amide bonds. The van der Waals surface area contributed by atoms with Crippen molar-refractivity contribution in [1.82, 2.24) is 4.00 Å². The lowest BCUT2D eigenvalue weighted by Crippen LogP contribution is -2.53. The highest BCUT2D eigenvalue weighted by Gasteiger charge is 2.34. The van der Waals surface area contributed by atoms with Crippen molar-refractivity contribution in [3.8, 4) is 0 Å². The van der Waals surface area contributed by atoms with Crippen molar-refractivity contribution < 1.29 is 0 Å². The van der Waals surface area contributed by atoms with E-state index in [0.717, 1.165) is 0 Å². The van der Waals surface area contributed by atoms with Crippen molar-refractivity contribution in [3.05, 3.63) is 0 Å². The fraction of sp³-hybridized carbons (Fsp3) is 0.900. The van der Waals surface area contributed by atoms with E-state index < -0.39 is 16.5 Å². The Bertz CT molecular complexity index is 249. The maximum atomic E-state index is 2.86. The molecule has 0 spiro atoms. The van der Waals surface area contributed by atoms with Gasteiger partial charge in [-0.15, -0.1) is 23.5 Å². The molecule has 0 N–H and O–H groups in total. The quantitative estimate of drug-likeness (QED) is 0.546. The van der Waals surface area contributed by atoms with Gasteiger partial charge in [0.2, 0.25) is 0 Å². The highest BCUT2D eigenvalue weighted by Crippen LogP contribution is 2.36. The zero-order valence-corrected chi connectivity index (χ0v) is 15.9. The van der Waals surface area contributed by atoms with Crippen LogP contribution in [0.3, 0.4) is 0 Å². The van der Waals surface area contributed by atoms with Crippen molar-refractivity contribution in [1.29, 1.82) is 0 Å². The SMILES string of the molecule is C[Si](C)(C)N(P=C1SCCCS1)[Si](C)(C)C. The molecule has 16 heavy (non-hydrogen) atoms. The standard InChI is InChI=1S/C10H24NPS2Si2/c1-15(2,3)11(16(4,5)6)12-10-13-8-7-9-14-10/h7-9H2,1-6H3. The van der Waals surface area contributed by atoms with E-state index in [0.29, 0.717) is 0 Å². The Morgan fingerprint density at radius 3 is 1.75 bits per heavy atom. The van der Waals surface area contributed by atoms with Gasteiger partial charge in [-0.25, -0.2) is 0 Å². The van der Waals surface area contributed by atoms with Gasteiger partial charge in [0.1, 0.15) is 16.5 Å². The molecule has 0 unspecified atom stereocenters. The Hall–Kier alpha value is 1.26. The second-order valence-electron chi connectivity index (χ2n) is 6.07. The van der Waals surface area contributed by atoms with Gasteiger partial charge in [0, 0.05) is 0 Å². The van der Waals surface area contributed by atoms with Crippen molar-refractivity contribution in [2.75, 3.05) is 11.5 Å². The molecule has 0 radical (unpaired) electrons. The molecule has 0 bridgehead atoms. The van der Waals surface area contributed by atoms with E-state index in [9.17, 15) is 0 Å². The summed E-state index contributed by atoms with van der Waals surface area (Å²) in [6.45, 7) is 14.9. The summed E-state index contributed by atoms with van der Waals surface area (Å²) in [6.07, 6.45) is 1.38. The number of hydrogen-bond acceptors (Lipinski definition) is 3. The van der Waals surface area contributed by atoms with Crippen LogP contribution in [0.15, 0.2) is 0 Å². The summed E-state index contributed by atoms with van der Waals surface area (Å²) < 4.78 is 4.51. The van der Waals surface area contributed by atoms with Gasteiger partial charge in [0.15, 0.2) is 0 Å². The van der Waals surface area contributed by atoms with E-state index in [2.05, 4.69) is 66.8 Å². The largest absolute Gasteiger partial charge is 0.298 e. The van der Waals surface area contributed by atoms with Crippen molar-refractivity contribution in [2.24, 2.45) is 0 Å². The highest BCUT2D eigenvalue weighted by atomic mass is 32.2. The van der Waals surface area contributed by atoms with Crippen LogP contribution in [0.1, 0.15) is 6.42 Å². The molecule has 1 saturated heterocycles. The van der Waals surface area contributed by atoms with E-state index in [1.807, 2.05) is 0 Å². The lowest BCUT2D eigenvalue weighted by molar-refractivity contribution is 0.999. The Balaban J connectivity index is 2.86. The van der Waals surface area contributed by atoms with Gasteiger partial charge in [0.05, 0.1) is 3.96 Å². The van der Waals surface area contributed by atoms with Crippen molar-refractivity contribution >= 4 is 52.3 Å². The molecule has 1 heterocycles. The molecule has 6 heteroatoms. The van der Waals surface area contributed by atoms with Crippen LogP contribution in [-0.4, -0.2) is 35.9 Å². The number of hydrogen-bond donors (Lipinski definition) is 0. The fourth-order valence-corrected chi connectivity index (χ4v) is 17.4. The third-order valence-corrected chi connectivity index (χ3v) is 16.8. The molecule has 0 aromatic carbocycles. The molecule has 0 atom stereocenters. The Morgan fingerprint density at radius 1 is 0.938 bits per heavy atom. The van der Waals surface area contributed by atoms with Gasteiger partial charge in [-0.05, 0) is 26.3 Å². The first-order valence-corrected chi connectivity index (χ1v) is 15.6. The van der Waals surface area contributed by atoms with Gasteiger partial charge < -0.3 is 0 Å². The lowest BCUT2D eigenvalue weighted by atomic mass is 10.6. The molecule has 0 aromatic heterocycles. The summed E-state index contributed by atoms with van der Waals surface area (Å²) in [4.78, 5) is 0. The Morgan fingerprint density at radius 2 is 1.38 bits per heavy atom. The van der Waals surface area contributed by atoms with Crippen LogP contribution in [0.25, 0.3) is 0 Å². The number of thioether (sulfide) groups is 2. The predicted molar refractivity (Wildman–Crippen MR) is 90.0 cm³/mol. The van der Waals surface area contributed by atoms with Crippen LogP contribution in [0.5, 0.6) is 0 Å². The topological polar surface area (TPSA) is 3.24 Å². The maximum absolute atomic E-state index is 2.86. The highest BCUT2D eigenvalue weighted by molar-refractivity contribution is 8.44. The van der Waals surface area contributed by atoms with Crippen molar-refractivity contribution in [2.45, 2.75) is 45.7 Å². The van der Waals surface area contributed by atoms with Crippen LogP contribution in [-0.2, 0) is 0 Å². The molecule has 0 saturated carbocycles. The minimum absolute atomic E-state index is 1.17. The van der Waals surface area contributed by atoms with Gasteiger partial charge >= 0.3 is 0 Å². The Labute approximate surface area is 113 Å². The molecular formula is C10H24NPS2Si2. The molecule has 1 fully saturated rings. The zero-order valence-electron chi connectivity index (χ0n) is 11.3. The van der Waals surface area contributed by atoms with Crippen LogP contribution >= 0.6 is 31.9 Å². The number of rotatable bonds is 3. The first-order valence-electron chi connectivity index (χ1n) is 5.86. The third-order valence-electron chi connectivity index (χ3n) is 2.19.